The van der Waals surface area contributed by atoms with Crippen LogP contribution in [0.15, 0.2) is 42.0 Å². The van der Waals surface area contributed by atoms with Crippen LogP contribution in [0.5, 0.6) is 0 Å². The third-order valence-electron chi connectivity index (χ3n) is 2.81. The molecule has 2 aliphatic carbocycles. The van der Waals surface area contributed by atoms with E-state index in [4.69, 9.17) is 0 Å². The van der Waals surface area contributed by atoms with Crippen LogP contribution < -0.4 is 0 Å². The second kappa shape index (κ2) is 2.76. The molecule has 0 unspecified atom stereocenters. The van der Waals surface area contributed by atoms with Gasteiger partial charge in [0.05, 0.1) is 0 Å². The van der Waals surface area contributed by atoms with E-state index in [1.165, 1.54) is 0 Å². The van der Waals surface area contributed by atoms with Crippen molar-refractivity contribution in [3.63, 3.8) is 0 Å². The molecule has 0 amide bonds. The number of allylic oxidation sites excluding steroid dienone is 4. The number of ketones is 2. The van der Waals surface area contributed by atoms with Gasteiger partial charge in [-0.15, -0.1) is 0 Å². The van der Waals surface area contributed by atoms with E-state index < -0.39 is 0 Å². The van der Waals surface area contributed by atoms with Gasteiger partial charge in [0.2, 0.25) is 0 Å². The summed E-state index contributed by atoms with van der Waals surface area (Å²) in [7, 11) is 0. The second-order valence-corrected chi connectivity index (χ2v) is 3.72. The Morgan fingerprint density at radius 1 is 0.933 bits per heavy atom. The minimum absolute atomic E-state index is 0.0457. The summed E-state index contributed by atoms with van der Waals surface area (Å²) in [6.45, 7) is 0. The molecule has 0 fully saturated rings. The van der Waals surface area contributed by atoms with Crippen molar-refractivity contribution in [2.45, 2.75) is 6.42 Å². The largest absolute Gasteiger partial charge is 0.294 e. The maximum absolute atomic E-state index is 11.9. The van der Waals surface area contributed by atoms with Gasteiger partial charge in [-0.05, 0) is 17.2 Å². The second-order valence-electron chi connectivity index (χ2n) is 3.72. The predicted octanol–water partition coefficient (Wildman–Crippen LogP) is 2.17. The molecule has 0 aliphatic heterocycles. The molecule has 72 valence electrons. The molecule has 0 atom stereocenters. The molecule has 0 radical (unpaired) electrons. The first-order valence-corrected chi connectivity index (χ1v) is 4.86. The fourth-order valence-electron chi connectivity index (χ4n) is 2.11. The Hall–Kier alpha value is -1.96. The van der Waals surface area contributed by atoms with E-state index >= 15 is 0 Å². The van der Waals surface area contributed by atoms with Gasteiger partial charge in [0, 0.05) is 17.6 Å². The molecule has 0 bridgehead atoms. The maximum Gasteiger partial charge on any atom is 0.193 e. The Morgan fingerprint density at radius 2 is 1.67 bits per heavy atom. The Balaban J connectivity index is 2.31. The van der Waals surface area contributed by atoms with E-state index in [9.17, 15) is 9.59 Å². The molecule has 0 N–H and O–H groups in total. The molecule has 0 saturated carbocycles. The quantitative estimate of drug-likeness (QED) is 0.637. The molecule has 0 heterocycles. The summed E-state index contributed by atoms with van der Waals surface area (Å²) < 4.78 is 0. The van der Waals surface area contributed by atoms with Crippen molar-refractivity contribution in [1.29, 1.82) is 0 Å². The lowest BCUT2D eigenvalue weighted by molar-refractivity contribution is -0.113. The number of carbonyl (C=O) groups excluding carboxylic acids is 2. The van der Waals surface area contributed by atoms with Crippen LogP contribution in [0.1, 0.15) is 22.3 Å². The monoisotopic (exact) mass is 196 g/mol. The lowest BCUT2D eigenvalue weighted by Gasteiger charge is -2.05. The van der Waals surface area contributed by atoms with Gasteiger partial charge in [0.1, 0.15) is 0 Å². The first-order chi connectivity index (χ1) is 7.27. The molecule has 2 aliphatic rings. The molecule has 3 rings (SSSR count). The number of Topliss-reactive ketones (excluding diaryl/α,β-unsaturated/α-hetero) is 1. The summed E-state index contributed by atoms with van der Waals surface area (Å²) in [5.41, 5.74) is 3.09. The van der Waals surface area contributed by atoms with Gasteiger partial charge in [-0.1, -0.05) is 30.3 Å². The molecule has 2 nitrogen and oxygen atoms in total. The van der Waals surface area contributed by atoms with Crippen molar-refractivity contribution in [3.05, 3.63) is 53.1 Å². The van der Waals surface area contributed by atoms with Gasteiger partial charge in [0.25, 0.3) is 0 Å². The van der Waals surface area contributed by atoms with E-state index in [0.717, 1.165) is 11.1 Å². The van der Waals surface area contributed by atoms with Crippen LogP contribution in [-0.4, -0.2) is 11.6 Å². The summed E-state index contributed by atoms with van der Waals surface area (Å²) >= 11 is 0. The van der Waals surface area contributed by atoms with E-state index in [-0.39, 0.29) is 11.6 Å². The molecule has 0 saturated heterocycles. The van der Waals surface area contributed by atoms with E-state index in [1.54, 1.807) is 12.2 Å². The molecular formula is C13H8O2. The Morgan fingerprint density at radius 3 is 2.47 bits per heavy atom. The zero-order chi connectivity index (χ0) is 10.4. The third kappa shape index (κ3) is 1.05. The third-order valence-corrected chi connectivity index (χ3v) is 2.81. The standard InChI is InChI=1S/C13H8O2/c14-8-5-6-11-12(7-8)9-3-1-2-4-10(9)13(11)15/h1-4,6-7H,5H2. The van der Waals surface area contributed by atoms with Crippen molar-refractivity contribution in [2.75, 3.05) is 0 Å². The van der Waals surface area contributed by atoms with Gasteiger partial charge in [-0.3, -0.25) is 9.59 Å². The summed E-state index contributed by atoms with van der Waals surface area (Å²) in [5.74, 6) is 0.114. The zero-order valence-corrected chi connectivity index (χ0v) is 7.99. The van der Waals surface area contributed by atoms with E-state index in [0.29, 0.717) is 17.6 Å². The van der Waals surface area contributed by atoms with E-state index in [2.05, 4.69) is 0 Å². The van der Waals surface area contributed by atoms with Gasteiger partial charge >= 0.3 is 0 Å². The lowest BCUT2D eigenvalue weighted by atomic mass is 9.97. The minimum Gasteiger partial charge on any atom is -0.294 e. The lowest BCUT2D eigenvalue weighted by Crippen LogP contribution is -2.02. The molecule has 2 heteroatoms. The van der Waals surface area contributed by atoms with Crippen molar-refractivity contribution in [1.82, 2.24) is 0 Å². The van der Waals surface area contributed by atoms with Gasteiger partial charge in [-0.25, -0.2) is 0 Å². The van der Waals surface area contributed by atoms with Gasteiger partial charge in [-0.2, -0.15) is 0 Å². The smallest absolute Gasteiger partial charge is 0.193 e. The molecule has 0 aromatic heterocycles. The fraction of sp³-hybridized carbons (Fsp3) is 0.0769. The van der Waals surface area contributed by atoms with Crippen LogP contribution in [-0.2, 0) is 4.79 Å². The highest BCUT2D eigenvalue weighted by molar-refractivity contribution is 6.29. The number of carbonyl (C=O) groups is 2. The van der Waals surface area contributed by atoms with Crippen molar-refractivity contribution < 1.29 is 9.59 Å². The fourth-order valence-corrected chi connectivity index (χ4v) is 2.11. The maximum atomic E-state index is 11.9. The van der Waals surface area contributed by atoms with Crippen molar-refractivity contribution >= 4 is 17.1 Å². The molecule has 1 aromatic carbocycles. The van der Waals surface area contributed by atoms with Crippen molar-refractivity contribution in [3.8, 4) is 0 Å². The van der Waals surface area contributed by atoms with Crippen LogP contribution in [0.4, 0.5) is 0 Å². The topological polar surface area (TPSA) is 34.1 Å². The Kier molecular flexibility index (Phi) is 1.54. The van der Waals surface area contributed by atoms with Crippen LogP contribution >= 0.6 is 0 Å². The number of hydrogen-bond acceptors (Lipinski definition) is 2. The number of benzene rings is 1. The zero-order valence-electron chi connectivity index (χ0n) is 7.99. The van der Waals surface area contributed by atoms with Crippen LogP contribution in [0, 0.1) is 0 Å². The van der Waals surface area contributed by atoms with E-state index in [1.807, 2.05) is 24.3 Å². The average Bonchev–Trinajstić information content (AvgIpc) is 2.54. The van der Waals surface area contributed by atoms with Crippen LogP contribution in [0.2, 0.25) is 0 Å². The normalized spacial score (nSPS) is 18.1. The first kappa shape index (κ1) is 8.36. The minimum atomic E-state index is 0.0457. The molecule has 1 aromatic rings. The molecular weight excluding hydrogens is 188 g/mol. The summed E-state index contributed by atoms with van der Waals surface area (Å²) in [5, 5.41) is 0. The summed E-state index contributed by atoms with van der Waals surface area (Å²) in [4.78, 5) is 23.2. The van der Waals surface area contributed by atoms with Gasteiger partial charge < -0.3 is 0 Å². The van der Waals surface area contributed by atoms with Crippen LogP contribution in [0.3, 0.4) is 0 Å². The van der Waals surface area contributed by atoms with Crippen LogP contribution in [0.25, 0.3) is 5.57 Å². The molecule has 15 heavy (non-hydrogen) atoms. The highest BCUT2D eigenvalue weighted by Gasteiger charge is 2.31. The molecule has 0 spiro atoms. The first-order valence-electron chi connectivity index (χ1n) is 4.86. The highest BCUT2D eigenvalue weighted by Crippen LogP contribution is 2.38. The Labute approximate surface area is 86.9 Å². The van der Waals surface area contributed by atoms with Crippen molar-refractivity contribution in [2.24, 2.45) is 0 Å². The van der Waals surface area contributed by atoms with Gasteiger partial charge in [0.15, 0.2) is 11.6 Å². The summed E-state index contributed by atoms with van der Waals surface area (Å²) in [6.07, 6.45) is 3.66. The average molecular weight is 196 g/mol. The summed E-state index contributed by atoms with van der Waals surface area (Å²) in [6, 6.07) is 7.42. The predicted molar refractivity (Wildman–Crippen MR) is 56.5 cm³/mol. The Bertz CT molecular complexity index is 547. The SMILES string of the molecule is O=C1C=C2C(=CC1)C(=O)c1ccccc12. The number of rotatable bonds is 0. The number of fused-ring (bicyclic) bond motifs is 3. The highest BCUT2D eigenvalue weighted by atomic mass is 16.1. The number of hydrogen-bond donors (Lipinski definition) is 0.